The first-order chi connectivity index (χ1) is 6.53. The Morgan fingerprint density at radius 1 is 1.36 bits per heavy atom. The number of fused-ring (bicyclic) bond motifs is 1. The van der Waals surface area contributed by atoms with Crippen molar-refractivity contribution in [1.29, 1.82) is 0 Å². The highest BCUT2D eigenvalue weighted by Crippen LogP contribution is 2.34. The highest BCUT2D eigenvalue weighted by molar-refractivity contribution is 4.91. The van der Waals surface area contributed by atoms with Crippen LogP contribution in [0.1, 0.15) is 13.8 Å². The molecule has 0 bridgehead atoms. The van der Waals surface area contributed by atoms with Crippen LogP contribution in [0.25, 0.3) is 0 Å². The van der Waals surface area contributed by atoms with Gasteiger partial charge in [0.2, 0.25) is 0 Å². The lowest BCUT2D eigenvalue weighted by Gasteiger charge is -2.33. The van der Waals surface area contributed by atoms with Crippen LogP contribution < -0.4 is 0 Å². The van der Waals surface area contributed by atoms with Crippen molar-refractivity contribution in [2.75, 3.05) is 13.7 Å². The van der Waals surface area contributed by atoms with Crippen molar-refractivity contribution >= 4 is 0 Å². The first-order valence-corrected chi connectivity index (χ1v) is 4.71. The smallest absolute Gasteiger partial charge is 0.185 e. The van der Waals surface area contributed by atoms with Gasteiger partial charge in [-0.25, -0.2) is 0 Å². The second kappa shape index (κ2) is 3.43. The minimum atomic E-state index is -0.791. The summed E-state index contributed by atoms with van der Waals surface area (Å²) >= 11 is 0. The standard InChI is InChI=1S/C9H16O5/c1-9(2)13-5-4-12-8(11-3)6(10)7(5)14-9/h5-8,10H,4H2,1-3H3/t5-,6+,7-,8-/m1/s1. The summed E-state index contributed by atoms with van der Waals surface area (Å²) in [5, 5.41) is 9.82. The molecule has 0 aromatic rings. The zero-order valence-corrected chi connectivity index (χ0v) is 8.60. The van der Waals surface area contributed by atoms with Gasteiger partial charge >= 0.3 is 0 Å². The molecule has 0 aliphatic carbocycles. The minimum absolute atomic E-state index is 0.202. The number of rotatable bonds is 1. The maximum atomic E-state index is 9.82. The van der Waals surface area contributed by atoms with Crippen LogP contribution in [0.3, 0.4) is 0 Å². The Bertz CT molecular complexity index is 217. The molecule has 2 heterocycles. The average molecular weight is 204 g/mol. The summed E-state index contributed by atoms with van der Waals surface area (Å²) in [6.45, 7) is 4.03. The molecule has 0 amide bonds. The molecule has 0 unspecified atom stereocenters. The van der Waals surface area contributed by atoms with Crippen LogP contribution in [-0.4, -0.2) is 49.2 Å². The van der Waals surface area contributed by atoms with Gasteiger partial charge in [-0.05, 0) is 13.8 Å². The topological polar surface area (TPSA) is 57.2 Å². The van der Waals surface area contributed by atoms with Crippen molar-refractivity contribution < 1.29 is 24.1 Å². The molecule has 2 aliphatic rings. The van der Waals surface area contributed by atoms with Gasteiger partial charge in [0.05, 0.1) is 6.61 Å². The number of aliphatic hydroxyl groups excluding tert-OH is 1. The molecule has 1 N–H and O–H groups in total. The maximum Gasteiger partial charge on any atom is 0.185 e. The molecule has 0 aromatic carbocycles. The van der Waals surface area contributed by atoms with Gasteiger partial charge in [0.25, 0.3) is 0 Å². The van der Waals surface area contributed by atoms with E-state index < -0.39 is 18.2 Å². The third kappa shape index (κ3) is 1.66. The maximum absolute atomic E-state index is 9.82. The summed E-state index contributed by atoms with van der Waals surface area (Å²) in [7, 11) is 1.50. The van der Waals surface area contributed by atoms with Crippen molar-refractivity contribution in [3.63, 3.8) is 0 Å². The highest BCUT2D eigenvalue weighted by atomic mass is 16.8. The summed E-state index contributed by atoms with van der Waals surface area (Å²) < 4.78 is 21.4. The largest absolute Gasteiger partial charge is 0.385 e. The Balaban J connectivity index is 2.08. The summed E-state index contributed by atoms with van der Waals surface area (Å²) in [4.78, 5) is 0. The van der Waals surface area contributed by atoms with E-state index in [4.69, 9.17) is 18.9 Å². The van der Waals surface area contributed by atoms with Crippen molar-refractivity contribution in [1.82, 2.24) is 0 Å². The molecule has 5 nitrogen and oxygen atoms in total. The van der Waals surface area contributed by atoms with Crippen LogP contribution in [-0.2, 0) is 18.9 Å². The van der Waals surface area contributed by atoms with E-state index in [0.29, 0.717) is 6.61 Å². The van der Waals surface area contributed by atoms with Gasteiger partial charge in [-0.3, -0.25) is 0 Å². The van der Waals surface area contributed by atoms with Crippen molar-refractivity contribution in [2.45, 2.75) is 44.2 Å². The van der Waals surface area contributed by atoms with Crippen molar-refractivity contribution in [3.8, 4) is 0 Å². The molecular weight excluding hydrogens is 188 g/mol. The van der Waals surface area contributed by atoms with E-state index >= 15 is 0 Å². The summed E-state index contributed by atoms with van der Waals surface area (Å²) in [5.41, 5.74) is 0. The number of methoxy groups -OCH3 is 1. The quantitative estimate of drug-likeness (QED) is 0.644. The van der Waals surface area contributed by atoms with Gasteiger partial charge in [0, 0.05) is 7.11 Å². The molecule has 2 aliphatic heterocycles. The Kier molecular flexibility index (Phi) is 2.53. The van der Waals surface area contributed by atoms with Gasteiger partial charge in [-0.1, -0.05) is 0 Å². The zero-order valence-electron chi connectivity index (χ0n) is 8.60. The molecule has 14 heavy (non-hydrogen) atoms. The van der Waals surface area contributed by atoms with Crippen LogP contribution in [0.15, 0.2) is 0 Å². The molecular formula is C9H16O5. The third-order valence-corrected chi connectivity index (χ3v) is 2.49. The van der Waals surface area contributed by atoms with Crippen LogP contribution in [0, 0.1) is 0 Å². The second-order valence-electron chi connectivity index (χ2n) is 4.07. The molecule has 5 heteroatoms. The molecule has 0 spiro atoms. The molecule has 2 saturated heterocycles. The summed E-state index contributed by atoms with van der Waals surface area (Å²) in [5.74, 6) is -0.650. The fourth-order valence-electron chi connectivity index (χ4n) is 1.93. The van der Waals surface area contributed by atoms with Crippen molar-refractivity contribution in [3.05, 3.63) is 0 Å². The summed E-state index contributed by atoms with van der Waals surface area (Å²) in [6.07, 6.45) is -1.97. The molecule has 2 fully saturated rings. The van der Waals surface area contributed by atoms with Crippen LogP contribution in [0.4, 0.5) is 0 Å². The van der Waals surface area contributed by atoms with E-state index in [1.165, 1.54) is 7.11 Å². The fourth-order valence-corrected chi connectivity index (χ4v) is 1.93. The third-order valence-electron chi connectivity index (χ3n) is 2.49. The monoisotopic (exact) mass is 204 g/mol. The van der Waals surface area contributed by atoms with E-state index in [1.54, 1.807) is 0 Å². The molecule has 4 atom stereocenters. The predicted octanol–water partition coefficient (Wildman–Crippen LogP) is -0.130. The molecule has 0 radical (unpaired) electrons. The number of ether oxygens (including phenoxy) is 4. The van der Waals surface area contributed by atoms with E-state index in [2.05, 4.69) is 0 Å². The van der Waals surface area contributed by atoms with Gasteiger partial charge in [0.15, 0.2) is 12.1 Å². The Hall–Kier alpha value is -0.200. The first-order valence-electron chi connectivity index (χ1n) is 4.71. The first kappa shape index (κ1) is 10.3. The highest BCUT2D eigenvalue weighted by Gasteiger charge is 2.50. The van der Waals surface area contributed by atoms with Gasteiger partial charge < -0.3 is 24.1 Å². The average Bonchev–Trinajstić information content (AvgIpc) is 2.42. The van der Waals surface area contributed by atoms with Gasteiger partial charge in [-0.15, -0.1) is 0 Å². The minimum Gasteiger partial charge on any atom is -0.385 e. The van der Waals surface area contributed by atoms with Crippen LogP contribution in [0.5, 0.6) is 0 Å². The van der Waals surface area contributed by atoms with E-state index in [9.17, 15) is 5.11 Å². The normalized spacial score (nSPS) is 46.3. The van der Waals surface area contributed by atoms with Crippen molar-refractivity contribution in [2.24, 2.45) is 0 Å². The molecule has 82 valence electrons. The number of aliphatic hydroxyl groups is 1. The second-order valence-corrected chi connectivity index (χ2v) is 4.07. The van der Waals surface area contributed by atoms with Gasteiger partial charge in [-0.2, -0.15) is 0 Å². The lowest BCUT2D eigenvalue weighted by Crippen LogP contribution is -2.52. The fraction of sp³-hybridized carbons (Fsp3) is 1.00. The Morgan fingerprint density at radius 3 is 2.71 bits per heavy atom. The zero-order chi connectivity index (χ0) is 10.3. The van der Waals surface area contributed by atoms with E-state index in [0.717, 1.165) is 0 Å². The lowest BCUT2D eigenvalue weighted by atomic mass is 10.1. The van der Waals surface area contributed by atoms with Gasteiger partial charge in [0.1, 0.15) is 18.3 Å². The SMILES string of the molecule is CO[C@@H]1OC[C@H]2OC(C)(C)O[C@H]2[C@@H]1O. The Morgan fingerprint density at radius 2 is 2.07 bits per heavy atom. The van der Waals surface area contributed by atoms with E-state index in [-0.39, 0.29) is 12.2 Å². The summed E-state index contributed by atoms with van der Waals surface area (Å²) in [6, 6.07) is 0. The number of hydrogen-bond acceptors (Lipinski definition) is 5. The lowest BCUT2D eigenvalue weighted by molar-refractivity contribution is -0.241. The molecule has 0 saturated carbocycles. The Labute approximate surface area is 82.9 Å². The van der Waals surface area contributed by atoms with Crippen LogP contribution in [0.2, 0.25) is 0 Å². The molecule has 2 rings (SSSR count). The predicted molar refractivity (Wildman–Crippen MR) is 46.6 cm³/mol. The van der Waals surface area contributed by atoms with Crippen LogP contribution >= 0.6 is 0 Å². The van der Waals surface area contributed by atoms with E-state index in [1.807, 2.05) is 13.8 Å². The molecule has 0 aromatic heterocycles. The number of hydrogen-bond donors (Lipinski definition) is 1.